The van der Waals surface area contributed by atoms with E-state index >= 15 is 0 Å². The quantitative estimate of drug-likeness (QED) is 0.822. The van der Waals surface area contributed by atoms with Gasteiger partial charge in [-0.25, -0.2) is 14.8 Å². The summed E-state index contributed by atoms with van der Waals surface area (Å²) >= 11 is 0. The molecule has 1 rings (SSSR count). The van der Waals surface area contributed by atoms with E-state index in [4.69, 9.17) is 5.11 Å². The third kappa shape index (κ3) is 3.18. The van der Waals surface area contributed by atoms with Gasteiger partial charge in [0.1, 0.15) is 0 Å². The van der Waals surface area contributed by atoms with E-state index in [0.29, 0.717) is 11.9 Å². The fourth-order valence-corrected chi connectivity index (χ4v) is 1.41. The molecule has 0 aliphatic carbocycles. The zero-order valence-corrected chi connectivity index (χ0v) is 9.84. The van der Waals surface area contributed by atoms with Crippen LogP contribution in [0.3, 0.4) is 0 Å². The van der Waals surface area contributed by atoms with Crippen molar-refractivity contribution in [2.45, 2.75) is 20.8 Å². The zero-order valence-electron chi connectivity index (χ0n) is 9.84. The molecule has 1 aromatic rings. The largest absolute Gasteiger partial charge is 0.477 e. The molecule has 0 bridgehead atoms. The number of aromatic carboxylic acids is 1. The average molecular weight is 223 g/mol. The van der Waals surface area contributed by atoms with E-state index in [1.54, 1.807) is 0 Å². The van der Waals surface area contributed by atoms with Crippen molar-refractivity contribution in [3.8, 4) is 0 Å². The molecule has 0 amide bonds. The number of rotatable bonds is 5. The highest BCUT2D eigenvalue weighted by molar-refractivity contribution is 5.85. The number of hydrogen-bond donors (Lipinski definition) is 1. The van der Waals surface area contributed by atoms with Crippen molar-refractivity contribution in [1.82, 2.24) is 9.97 Å². The Morgan fingerprint density at radius 1 is 1.56 bits per heavy atom. The Hall–Kier alpha value is -1.65. The molecular weight excluding hydrogens is 206 g/mol. The number of hydrogen-bond acceptors (Lipinski definition) is 4. The lowest BCUT2D eigenvalue weighted by Crippen LogP contribution is -2.29. The van der Waals surface area contributed by atoms with E-state index in [1.807, 2.05) is 11.8 Å². The van der Waals surface area contributed by atoms with Crippen molar-refractivity contribution >= 4 is 11.9 Å². The molecule has 0 spiro atoms. The van der Waals surface area contributed by atoms with Gasteiger partial charge in [-0.15, -0.1) is 0 Å². The van der Waals surface area contributed by atoms with Crippen molar-refractivity contribution < 1.29 is 9.90 Å². The predicted octanol–water partition coefficient (Wildman–Crippen LogP) is 1.66. The minimum absolute atomic E-state index is 0.0345. The highest BCUT2D eigenvalue weighted by Crippen LogP contribution is 2.09. The maximum atomic E-state index is 10.8. The molecule has 1 heterocycles. The average Bonchev–Trinajstić information content (AvgIpc) is 2.25. The van der Waals surface area contributed by atoms with Gasteiger partial charge in [-0.1, -0.05) is 13.8 Å². The van der Waals surface area contributed by atoms with Crippen molar-refractivity contribution in [2.75, 3.05) is 18.0 Å². The van der Waals surface area contributed by atoms with E-state index in [-0.39, 0.29) is 5.69 Å². The van der Waals surface area contributed by atoms with Crippen LogP contribution in [-0.2, 0) is 0 Å². The number of anilines is 1. The molecule has 0 atom stereocenters. The lowest BCUT2D eigenvalue weighted by atomic mass is 10.2. The smallest absolute Gasteiger partial charge is 0.354 e. The Morgan fingerprint density at radius 3 is 2.75 bits per heavy atom. The Morgan fingerprint density at radius 2 is 2.25 bits per heavy atom. The minimum atomic E-state index is -1.02. The number of carboxylic acid groups (broad SMARTS) is 1. The summed E-state index contributed by atoms with van der Waals surface area (Å²) in [6, 6.07) is 1.40. The van der Waals surface area contributed by atoms with E-state index in [2.05, 4.69) is 23.8 Å². The van der Waals surface area contributed by atoms with Crippen LogP contribution in [0.2, 0.25) is 0 Å². The maximum Gasteiger partial charge on any atom is 0.354 e. The van der Waals surface area contributed by atoms with Crippen molar-refractivity contribution in [3.63, 3.8) is 0 Å². The second kappa shape index (κ2) is 5.44. The summed E-state index contributed by atoms with van der Waals surface area (Å²) in [5, 5.41) is 8.84. The highest BCUT2D eigenvalue weighted by atomic mass is 16.4. The standard InChI is InChI=1S/C11H17N3O2/c1-4-14(7-8(2)3)11-12-6-5-9(13-11)10(15)16/h5-6,8H,4,7H2,1-3H3,(H,15,16). The molecule has 1 N–H and O–H groups in total. The van der Waals surface area contributed by atoms with Gasteiger partial charge in [0.05, 0.1) is 0 Å². The molecule has 0 aromatic carbocycles. The Kier molecular flexibility index (Phi) is 4.22. The Bertz CT molecular complexity index is 366. The van der Waals surface area contributed by atoms with Crippen LogP contribution in [0.25, 0.3) is 0 Å². The summed E-state index contributed by atoms with van der Waals surface area (Å²) in [5.41, 5.74) is 0.0345. The van der Waals surface area contributed by atoms with Crippen molar-refractivity contribution in [1.29, 1.82) is 0 Å². The van der Waals surface area contributed by atoms with E-state index < -0.39 is 5.97 Å². The first-order valence-electron chi connectivity index (χ1n) is 5.35. The molecule has 0 aliphatic rings. The SMILES string of the molecule is CCN(CC(C)C)c1nccc(C(=O)O)n1. The number of carbonyl (C=O) groups is 1. The molecule has 16 heavy (non-hydrogen) atoms. The molecular formula is C11H17N3O2. The maximum absolute atomic E-state index is 10.8. The summed E-state index contributed by atoms with van der Waals surface area (Å²) in [6.45, 7) is 7.79. The van der Waals surface area contributed by atoms with Gasteiger partial charge in [-0.2, -0.15) is 0 Å². The lowest BCUT2D eigenvalue weighted by molar-refractivity contribution is 0.0690. The molecule has 0 unspecified atom stereocenters. The molecule has 0 radical (unpaired) electrons. The molecule has 5 nitrogen and oxygen atoms in total. The molecule has 0 fully saturated rings. The van der Waals surface area contributed by atoms with Gasteiger partial charge < -0.3 is 10.0 Å². The van der Waals surface area contributed by atoms with Crippen LogP contribution in [0.1, 0.15) is 31.3 Å². The number of nitrogens with zero attached hydrogens (tertiary/aromatic N) is 3. The third-order valence-corrected chi connectivity index (χ3v) is 2.11. The van der Waals surface area contributed by atoms with Crippen LogP contribution in [0.4, 0.5) is 5.95 Å². The van der Waals surface area contributed by atoms with Crippen molar-refractivity contribution in [2.24, 2.45) is 5.92 Å². The summed E-state index contributed by atoms with van der Waals surface area (Å²) in [6.07, 6.45) is 1.48. The first-order chi connectivity index (χ1) is 7.54. The van der Waals surface area contributed by atoms with Gasteiger partial charge in [0, 0.05) is 19.3 Å². The molecule has 0 aliphatic heterocycles. The summed E-state index contributed by atoms with van der Waals surface area (Å²) in [7, 11) is 0. The number of aromatic nitrogens is 2. The molecule has 0 saturated heterocycles. The summed E-state index contributed by atoms with van der Waals surface area (Å²) < 4.78 is 0. The van der Waals surface area contributed by atoms with Gasteiger partial charge in [0.2, 0.25) is 5.95 Å². The molecule has 0 saturated carbocycles. The topological polar surface area (TPSA) is 66.3 Å². The highest BCUT2D eigenvalue weighted by Gasteiger charge is 2.12. The monoisotopic (exact) mass is 223 g/mol. The van der Waals surface area contributed by atoms with Gasteiger partial charge in [0.15, 0.2) is 5.69 Å². The van der Waals surface area contributed by atoms with E-state index in [1.165, 1.54) is 12.3 Å². The lowest BCUT2D eigenvalue weighted by Gasteiger charge is -2.22. The molecule has 5 heteroatoms. The fourth-order valence-electron chi connectivity index (χ4n) is 1.41. The van der Waals surface area contributed by atoms with Crippen molar-refractivity contribution in [3.05, 3.63) is 18.0 Å². The first-order valence-corrected chi connectivity index (χ1v) is 5.35. The first kappa shape index (κ1) is 12.4. The van der Waals surface area contributed by atoms with Crippen LogP contribution < -0.4 is 4.90 Å². The minimum Gasteiger partial charge on any atom is -0.477 e. The van der Waals surface area contributed by atoms with E-state index in [0.717, 1.165) is 13.1 Å². The second-order valence-electron chi connectivity index (χ2n) is 3.98. The second-order valence-corrected chi connectivity index (χ2v) is 3.98. The Labute approximate surface area is 95.1 Å². The zero-order chi connectivity index (χ0) is 12.1. The fraction of sp³-hybridized carbons (Fsp3) is 0.545. The van der Waals surface area contributed by atoms with Crippen LogP contribution in [0, 0.1) is 5.92 Å². The van der Waals surface area contributed by atoms with Crippen LogP contribution in [-0.4, -0.2) is 34.1 Å². The Balaban J connectivity index is 2.92. The van der Waals surface area contributed by atoms with Gasteiger partial charge >= 0.3 is 5.97 Å². The normalized spacial score (nSPS) is 10.5. The van der Waals surface area contributed by atoms with Gasteiger partial charge in [-0.05, 0) is 18.9 Å². The van der Waals surface area contributed by atoms with E-state index in [9.17, 15) is 4.79 Å². The van der Waals surface area contributed by atoms with Gasteiger partial charge in [-0.3, -0.25) is 0 Å². The van der Waals surface area contributed by atoms with Crippen LogP contribution >= 0.6 is 0 Å². The summed E-state index contributed by atoms with van der Waals surface area (Å²) in [4.78, 5) is 20.9. The predicted molar refractivity (Wildman–Crippen MR) is 61.7 cm³/mol. The van der Waals surface area contributed by atoms with Gasteiger partial charge in [0.25, 0.3) is 0 Å². The molecule has 88 valence electrons. The molecule has 1 aromatic heterocycles. The van der Waals surface area contributed by atoms with Crippen LogP contribution in [0.5, 0.6) is 0 Å². The summed E-state index contributed by atoms with van der Waals surface area (Å²) in [5.74, 6) is -0.0580. The third-order valence-electron chi connectivity index (χ3n) is 2.11. The number of carboxylic acids is 1. The van der Waals surface area contributed by atoms with Crippen LogP contribution in [0.15, 0.2) is 12.3 Å².